The summed E-state index contributed by atoms with van der Waals surface area (Å²) < 4.78 is 27.1. The highest BCUT2D eigenvalue weighted by molar-refractivity contribution is 5.87. The number of rotatable bonds is 4. The van der Waals surface area contributed by atoms with Crippen molar-refractivity contribution >= 4 is 22.4 Å². The van der Waals surface area contributed by atoms with Crippen molar-refractivity contribution in [3.8, 4) is 0 Å². The second-order valence-electron chi connectivity index (χ2n) is 7.02. The molecule has 5 nitrogen and oxygen atoms in total. The molecule has 4 rings (SSSR count). The number of hydrogen-bond donors (Lipinski definition) is 2. The first kappa shape index (κ1) is 18.2. The molecule has 0 unspecified atom stereocenters. The molecule has 0 saturated heterocycles. The number of para-hydroxylation sites is 1. The Bertz CT molecular complexity index is 1100. The number of amides is 1. The van der Waals surface area contributed by atoms with Crippen molar-refractivity contribution in [1.29, 1.82) is 0 Å². The van der Waals surface area contributed by atoms with Gasteiger partial charge >= 0.3 is 0 Å². The van der Waals surface area contributed by atoms with E-state index < -0.39 is 17.2 Å². The minimum absolute atomic E-state index is 0.0397. The number of nitrogens with zero attached hydrogens (tertiary/aromatic N) is 1. The van der Waals surface area contributed by atoms with E-state index in [4.69, 9.17) is 0 Å². The van der Waals surface area contributed by atoms with Crippen LogP contribution in [0.1, 0.15) is 11.1 Å². The van der Waals surface area contributed by atoms with Gasteiger partial charge in [-0.25, -0.2) is 8.78 Å². The van der Waals surface area contributed by atoms with Crippen molar-refractivity contribution in [2.75, 3.05) is 18.9 Å². The molecule has 1 aliphatic heterocycles. The fourth-order valence-electron chi connectivity index (χ4n) is 3.63. The Hall–Kier alpha value is -3.22. The van der Waals surface area contributed by atoms with Gasteiger partial charge < -0.3 is 15.2 Å². The van der Waals surface area contributed by atoms with Crippen LogP contribution in [0.4, 0.5) is 14.5 Å². The van der Waals surface area contributed by atoms with Gasteiger partial charge in [0.2, 0.25) is 5.91 Å². The quantitative estimate of drug-likeness (QED) is 0.728. The van der Waals surface area contributed by atoms with E-state index in [2.05, 4.69) is 10.3 Å². The van der Waals surface area contributed by atoms with E-state index in [1.807, 2.05) is 24.3 Å². The number of halogens is 2. The normalized spacial score (nSPS) is 15.3. The van der Waals surface area contributed by atoms with Crippen molar-refractivity contribution in [3.05, 3.63) is 75.7 Å². The monoisotopic (exact) mass is 383 g/mol. The van der Waals surface area contributed by atoms with Gasteiger partial charge in [0.05, 0.1) is 5.39 Å². The topological polar surface area (TPSA) is 65.2 Å². The molecular weight excluding hydrogens is 364 g/mol. The number of aromatic amines is 1. The lowest BCUT2D eigenvalue weighted by Gasteiger charge is -2.21. The molecule has 0 radical (unpaired) electrons. The van der Waals surface area contributed by atoms with E-state index in [0.29, 0.717) is 30.3 Å². The first-order valence-electron chi connectivity index (χ1n) is 9.03. The Kier molecular flexibility index (Phi) is 4.58. The minimum atomic E-state index is -1.06. The summed E-state index contributed by atoms with van der Waals surface area (Å²) in [7, 11) is 1.71. The lowest BCUT2D eigenvalue weighted by molar-refractivity contribution is -0.130. The third-order valence-electron chi connectivity index (χ3n) is 5.19. The van der Waals surface area contributed by atoms with E-state index in [-0.39, 0.29) is 17.3 Å². The molecule has 1 aromatic heterocycles. The fourth-order valence-corrected chi connectivity index (χ4v) is 3.63. The third-order valence-corrected chi connectivity index (χ3v) is 5.19. The van der Waals surface area contributed by atoms with Crippen molar-refractivity contribution in [2.45, 2.75) is 18.9 Å². The summed E-state index contributed by atoms with van der Waals surface area (Å²) >= 11 is 0. The molecule has 0 saturated carbocycles. The zero-order valence-corrected chi connectivity index (χ0v) is 15.3. The van der Waals surface area contributed by atoms with Crippen LogP contribution in [0.15, 0.2) is 47.4 Å². The van der Waals surface area contributed by atoms with Gasteiger partial charge in [0.1, 0.15) is 6.04 Å². The maximum absolute atomic E-state index is 13.7. The third kappa shape index (κ3) is 3.24. The highest BCUT2D eigenvalue weighted by Crippen LogP contribution is 2.26. The zero-order chi connectivity index (χ0) is 19.8. The van der Waals surface area contributed by atoms with Crippen LogP contribution in [-0.2, 0) is 17.6 Å². The van der Waals surface area contributed by atoms with Crippen molar-refractivity contribution in [1.82, 2.24) is 9.88 Å². The molecule has 2 N–H and O–H groups in total. The van der Waals surface area contributed by atoms with E-state index in [0.717, 1.165) is 23.4 Å². The number of hydrogen-bond acceptors (Lipinski definition) is 3. The number of nitrogens with one attached hydrogen (secondary N) is 2. The van der Waals surface area contributed by atoms with E-state index in [1.54, 1.807) is 11.9 Å². The van der Waals surface area contributed by atoms with E-state index in [1.165, 1.54) is 6.20 Å². The van der Waals surface area contributed by atoms with Crippen LogP contribution in [0.5, 0.6) is 0 Å². The van der Waals surface area contributed by atoms with Gasteiger partial charge in [-0.05, 0) is 41.1 Å². The number of aromatic nitrogens is 1. The Morgan fingerprint density at radius 3 is 2.64 bits per heavy atom. The van der Waals surface area contributed by atoms with Crippen molar-refractivity contribution in [3.63, 3.8) is 0 Å². The molecule has 0 aliphatic carbocycles. The number of anilines is 1. The van der Waals surface area contributed by atoms with Gasteiger partial charge in [0, 0.05) is 31.9 Å². The molecule has 2 heterocycles. The predicted molar refractivity (Wildman–Crippen MR) is 103 cm³/mol. The molecule has 3 aromatic rings. The maximum atomic E-state index is 13.7. The van der Waals surface area contributed by atoms with Crippen molar-refractivity contribution < 1.29 is 13.6 Å². The minimum Gasteiger partial charge on any atom is -0.373 e. The van der Waals surface area contributed by atoms with Gasteiger partial charge in [0.15, 0.2) is 11.6 Å². The largest absolute Gasteiger partial charge is 0.373 e. The molecule has 2 aromatic carbocycles. The van der Waals surface area contributed by atoms with E-state index in [9.17, 15) is 18.4 Å². The SMILES string of the molecule is CN(CCc1c[nH]c(=O)c2cc(F)c(F)cc12)C(=O)[C@H]1Cc2ccccc2N1. The number of carbonyl (C=O) groups is 1. The van der Waals surface area contributed by atoms with Gasteiger partial charge in [-0.3, -0.25) is 9.59 Å². The summed E-state index contributed by atoms with van der Waals surface area (Å²) in [6.45, 7) is 0.382. The Balaban J connectivity index is 1.49. The molecule has 7 heteroatoms. The molecule has 1 aliphatic rings. The average Bonchev–Trinajstić information content (AvgIpc) is 3.12. The van der Waals surface area contributed by atoms with Crippen LogP contribution in [0, 0.1) is 11.6 Å². The molecule has 1 atom stereocenters. The standard InChI is InChI=1S/C21H19F2N3O2/c1-26(21(28)19-8-12-4-2-3-5-18(12)25-19)7-6-13-11-24-20(27)15-10-17(23)16(22)9-14(13)15/h2-5,9-11,19,25H,6-8H2,1H3,(H,24,27)/t19-/m1/s1. The number of H-pyrrole nitrogens is 1. The van der Waals surface area contributed by atoms with Crippen LogP contribution in [0.25, 0.3) is 10.8 Å². The van der Waals surface area contributed by atoms with Gasteiger partial charge in [-0.1, -0.05) is 18.2 Å². The molecule has 0 bridgehead atoms. The van der Waals surface area contributed by atoms with Gasteiger partial charge in [-0.2, -0.15) is 0 Å². The van der Waals surface area contributed by atoms with Gasteiger partial charge in [0.25, 0.3) is 5.56 Å². The number of benzene rings is 2. The first-order valence-corrected chi connectivity index (χ1v) is 9.03. The number of fused-ring (bicyclic) bond motifs is 2. The molecule has 0 spiro atoms. The lowest BCUT2D eigenvalue weighted by atomic mass is 10.0. The summed E-state index contributed by atoms with van der Waals surface area (Å²) in [5.41, 5.74) is 2.25. The van der Waals surface area contributed by atoms with Crippen LogP contribution < -0.4 is 10.9 Å². The summed E-state index contributed by atoms with van der Waals surface area (Å²) in [4.78, 5) is 28.8. The predicted octanol–water partition coefficient (Wildman–Crippen LogP) is 2.84. The van der Waals surface area contributed by atoms with E-state index >= 15 is 0 Å². The molecule has 0 fully saturated rings. The van der Waals surface area contributed by atoms with Crippen LogP contribution in [-0.4, -0.2) is 35.4 Å². The molecule has 144 valence electrons. The summed E-state index contributed by atoms with van der Waals surface area (Å²) in [5, 5.41) is 3.69. The van der Waals surface area contributed by atoms with Crippen LogP contribution >= 0.6 is 0 Å². The van der Waals surface area contributed by atoms with Gasteiger partial charge in [-0.15, -0.1) is 0 Å². The van der Waals surface area contributed by atoms with Crippen LogP contribution in [0.3, 0.4) is 0 Å². The summed E-state index contributed by atoms with van der Waals surface area (Å²) in [6, 6.07) is 9.43. The number of carbonyl (C=O) groups excluding carboxylic acids is 1. The second kappa shape index (κ2) is 7.07. The zero-order valence-electron chi connectivity index (χ0n) is 15.3. The van der Waals surface area contributed by atoms with Crippen LogP contribution in [0.2, 0.25) is 0 Å². The highest BCUT2D eigenvalue weighted by Gasteiger charge is 2.28. The molecular formula is C21H19F2N3O2. The van der Waals surface area contributed by atoms with Crippen molar-refractivity contribution in [2.24, 2.45) is 0 Å². The Morgan fingerprint density at radius 2 is 1.89 bits per heavy atom. The number of pyridine rings is 1. The Morgan fingerprint density at radius 1 is 1.18 bits per heavy atom. The second-order valence-corrected chi connectivity index (χ2v) is 7.02. The lowest BCUT2D eigenvalue weighted by Crippen LogP contribution is -2.40. The summed E-state index contributed by atoms with van der Waals surface area (Å²) in [5.74, 6) is -2.10. The summed E-state index contributed by atoms with van der Waals surface area (Å²) in [6.07, 6.45) is 2.52. The average molecular weight is 383 g/mol. The highest BCUT2D eigenvalue weighted by atomic mass is 19.2. The smallest absolute Gasteiger partial charge is 0.255 e. The number of likely N-dealkylation sites (N-methyl/N-ethyl adjacent to an activating group) is 1. The fraction of sp³-hybridized carbons (Fsp3) is 0.238. The maximum Gasteiger partial charge on any atom is 0.255 e. The molecule has 1 amide bonds. The Labute approximate surface area is 160 Å². The first-order chi connectivity index (χ1) is 13.4. The molecule has 28 heavy (non-hydrogen) atoms.